The molecular formula is C24H50O. The Balaban J connectivity index is 6.74. The van der Waals surface area contributed by atoms with Crippen LogP contribution >= 0.6 is 0 Å². The standard InChI is InChI=1S/C24H50O/c1-15-17-23(19(3,4)5,20(6,7)8)25-24(18-16-2,21(9,10)11)22(12,13)14/h15-18H2,1-14H3. The molecule has 0 aromatic rings. The van der Waals surface area contributed by atoms with Crippen molar-refractivity contribution in [1.82, 2.24) is 0 Å². The van der Waals surface area contributed by atoms with E-state index in [2.05, 4.69) is 96.9 Å². The van der Waals surface area contributed by atoms with E-state index in [9.17, 15) is 0 Å². The molecule has 0 heterocycles. The van der Waals surface area contributed by atoms with Gasteiger partial charge >= 0.3 is 0 Å². The van der Waals surface area contributed by atoms with Gasteiger partial charge in [0, 0.05) is 0 Å². The summed E-state index contributed by atoms with van der Waals surface area (Å²) < 4.78 is 7.56. The Morgan fingerprint density at radius 3 is 0.760 bits per heavy atom. The van der Waals surface area contributed by atoms with E-state index in [0.29, 0.717) is 0 Å². The summed E-state index contributed by atoms with van der Waals surface area (Å²) in [6.45, 7) is 33.0. The SMILES string of the molecule is CCCC(OC(CCC)(C(C)(C)C)C(C)(C)C)(C(C)(C)C)C(C)(C)C. The number of hydrogen-bond donors (Lipinski definition) is 0. The summed E-state index contributed by atoms with van der Waals surface area (Å²) in [5, 5.41) is 0. The van der Waals surface area contributed by atoms with Crippen LogP contribution in [0.5, 0.6) is 0 Å². The molecule has 0 aliphatic carbocycles. The summed E-state index contributed by atoms with van der Waals surface area (Å²) in [4.78, 5) is 0. The molecule has 0 bridgehead atoms. The van der Waals surface area contributed by atoms with Crippen LogP contribution < -0.4 is 0 Å². The smallest absolute Gasteiger partial charge is 0.0786 e. The Bertz CT molecular complexity index is 335. The van der Waals surface area contributed by atoms with Crippen molar-refractivity contribution < 1.29 is 4.74 Å². The third-order valence-electron chi connectivity index (χ3n) is 6.40. The van der Waals surface area contributed by atoms with Crippen LogP contribution in [0.1, 0.15) is 123 Å². The zero-order valence-electron chi connectivity index (χ0n) is 20.2. The van der Waals surface area contributed by atoms with Crippen LogP contribution in [0.15, 0.2) is 0 Å². The van der Waals surface area contributed by atoms with E-state index in [4.69, 9.17) is 4.74 Å². The van der Waals surface area contributed by atoms with Gasteiger partial charge in [-0.05, 0) is 34.5 Å². The zero-order valence-corrected chi connectivity index (χ0v) is 20.2. The van der Waals surface area contributed by atoms with Gasteiger partial charge in [0.1, 0.15) is 0 Å². The molecule has 0 atom stereocenters. The molecule has 25 heavy (non-hydrogen) atoms. The Labute approximate surface area is 160 Å². The molecule has 0 aliphatic rings. The van der Waals surface area contributed by atoms with Gasteiger partial charge < -0.3 is 4.74 Å². The first-order valence-electron chi connectivity index (χ1n) is 10.5. The second-order valence-corrected chi connectivity index (χ2v) is 12.3. The topological polar surface area (TPSA) is 9.23 Å². The van der Waals surface area contributed by atoms with Gasteiger partial charge in [-0.15, -0.1) is 0 Å². The van der Waals surface area contributed by atoms with Gasteiger partial charge in [0.25, 0.3) is 0 Å². The molecule has 0 aromatic carbocycles. The van der Waals surface area contributed by atoms with Crippen molar-refractivity contribution >= 4 is 0 Å². The molecule has 1 nitrogen and oxygen atoms in total. The summed E-state index contributed by atoms with van der Waals surface area (Å²) in [7, 11) is 0. The lowest BCUT2D eigenvalue weighted by Gasteiger charge is -2.63. The van der Waals surface area contributed by atoms with Crippen LogP contribution in [0, 0.1) is 21.7 Å². The lowest BCUT2D eigenvalue weighted by Crippen LogP contribution is -2.66. The van der Waals surface area contributed by atoms with E-state index in [1.54, 1.807) is 0 Å². The Hall–Kier alpha value is -0.0400. The largest absolute Gasteiger partial charge is 0.366 e. The Morgan fingerprint density at radius 1 is 0.440 bits per heavy atom. The lowest BCUT2D eigenvalue weighted by atomic mass is 9.56. The fourth-order valence-electron chi connectivity index (χ4n) is 5.47. The van der Waals surface area contributed by atoms with Gasteiger partial charge in [-0.3, -0.25) is 0 Å². The number of ether oxygens (including phenoxy) is 1. The minimum Gasteiger partial charge on any atom is -0.366 e. The van der Waals surface area contributed by atoms with Gasteiger partial charge in [-0.2, -0.15) is 0 Å². The van der Waals surface area contributed by atoms with Crippen molar-refractivity contribution in [2.75, 3.05) is 0 Å². The van der Waals surface area contributed by atoms with Gasteiger partial charge in [0.15, 0.2) is 0 Å². The first kappa shape index (κ1) is 25.0. The van der Waals surface area contributed by atoms with Crippen LogP contribution in [0.2, 0.25) is 0 Å². The van der Waals surface area contributed by atoms with E-state index in [1.165, 1.54) is 0 Å². The normalized spacial score (nSPS) is 15.6. The van der Waals surface area contributed by atoms with Crippen LogP contribution in [0.3, 0.4) is 0 Å². The first-order valence-corrected chi connectivity index (χ1v) is 10.5. The Morgan fingerprint density at radius 2 is 0.640 bits per heavy atom. The first-order chi connectivity index (χ1) is 10.8. The highest BCUT2D eigenvalue weighted by Gasteiger charge is 2.60. The maximum absolute atomic E-state index is 7.56. The molecule has 0 fully saturated rings. The van der Waals surface area contributed by atoms with Gasteiger partial charge in [-0.25, -0.2) is 0 Å². The summed E-state index contributed by atoms with van der Waals surface area (Å²) in [5.74, 6) is 0. The van der Waals surface area contributed by atoms with Crippen molar-refractivity contribution in [3.8, 4) is 0 Å². The third kappa shape index (κ3) is 4.63. The molecule has 1 heteroatoms. The maximum Gasteiger partial charge on any atom is 0.0786 e. The van der Waals surface area contributed by atoms with E-state index in [-0.39, 0.29) is 32.9 Å². The van der Waals surface area contributed by atoms with E-state index < -0.39 is 0 Å². The fourth-order valence-corrected chi connectivity index (χ4v) is 5.47. The van der Waals surface area contributed by atoms with Crippen LogP contribution in [-0.2, 0) is 4.74 Å². The fraction of sp³-hybridized carbons (Fsp3) is 1.00. The molecule has 0 amide bonds. The van der Waals surface area contributed by atoms with Crippen molar-refractivity contribution in [2.45, 2.75) is 134 Å². The minimum atomic E-state index is -0.176. The highest BCUT2D eigenvalue weighted by Crippen LogP contribution is 2.59. The summed E-state index contributed by atoms with van der Waals surface area (Å²) in [6, 6.07) is 0. The predicted molar refractivity (Wildman–Crippen MR) is 114 cm³/mol. The Kier molecular flexibility index (Phi) is 7.52. The number of hydrogen-bond acceptors (Lipinski definition) is 1. The van der Waals surface area contributed by atoms with Crippen LogP contribution in [0.25, 0.3) is 0 Å². The quantitative estimate of drug-likeness (QED) is 0.466. The predicted octanol–water partition coefficient (Wildman–Crippen LogP) is 8.27. The molecule has 0 aliphatic heterocycles. The molecule has 0 aromatic heterocycles. The molecule has 152 valence electrons. The van der Waals surface area contributed by atoms with Gasteiger partial charge in [-0.1, -0.05) is 110 Å². The summed E-state index contributed by atoms with van der Waals surface area (Å²) in [5.41, 5.74) is -0.0873. The molecule has 0 unspecified atom stereocenters. The summed E-state index contributed by atoms with van der Waals surface area (Å²) >= 11 is 0. The van der Waals surface area contributed by atoms with E-state index >= 15 is 0 Å². The monoisotopic (exact) mass is 354 g/mol. The summed E-state index contributed by atoms with van der Waals surface area (Å²) in [6.07, 6.45) is 4.48. The third-order valence-corrected chi connectivity index (χ3v) is 6.40. The number of rotatable bonds is 6. The van der Waals surface area contributed by atoms with E-state index in [1.807, 2.05) is 0 Å². The van der Waals surface area contributed by atoms with Gasteiger partial charge in [0.2, 0.25) is 0 Å². The molecule has 0 N–H and O–H groups in total. The molecule has 0 saturated carbocycles. The second kappa shape index (κ2) is 7.53. The zero-order chi connectivity index (χ0) is 20.5. The van der Waals surface area contributed by atoms with Crippen molar-refractivity contribution in [2.24, 2.45) is 21.7 Å². The highest BCUT2D eigenvalue weighted by atomic mass is 16.5. The minimum absolute atomic E-state index is 0.0662. The van der Waals surface area contributed by atoms with Crippen molar-refractivity contribution in [1.29, 1.82) is 0 Å². The van der Waals surface area contributed by atoms with E-state index in [0.717, 1.165) is 25.7 Å². The van der Waals surface area contributed by atoms with Crippen molar-refractivity contribution in [3.63, 3.8) is 0 Å². The van der Waals surface area contributed by atoms with Gasteiger partial charge in [0.05, 0.1) is 11.2 Å². The molecule has 0 radical (unpaired) electrons. The van der Waals surface area contributed by atoms with Crippen LogP contribution in [-0.4, -0.2) is 11.2 Å². The maximum atomic E-state index is 7.56. The molecule has 0 spiro atoms. The molecular weight excluding hydrogens is 304 g/mol. The second-order valence-electron chi connectivity index (χ2n) is 12.3. The lowest BCUT2D eigenvalue weighted by molar-refractivity contribution is -0.309. The molecule has 0 saturated heterocycles. The highest BCUT2D eigenvalue weighted by molar-refractivity contribution is 5.08. The van der Waals surface area contributed by atoms with Crippen molar-refractivity contribution in [3.05, 3.63) is 0 Å². The average molecular weight is 355 g/mol. The average Bonchev–Trinajstić information content (AvgIpc) is 2.31. The van der Waals surface area contributed by atoms with Crippen LogP contribution in [0.4, 0.5) is 0 Å². The molecule has 0 rings (SSSR count).